The first-order valence-corrected chi connectivity index (χ1v) is 5.77. The van der Waals surface area contributed by atoms with Gasteiger partial charge in [0, 0.05) is 5.92 Å². The van der Waals surface area contributed by atoms with Crippen LogP contribution < -0.4 is 5.73 Å². The third kappa shape index (κ3) is 2.20. The second kappa shape index (κ2) is 4.31. The zero-order valence-electron chi connectivity index (χ0n) is 9.44. The summed E-state index contributed by atoms with van der Waals surface area (Å²) in [5.74, 6) is 2.29. The molecule has 0 radical (unpaired) electrons. The van der Waals surface area contributed by atoms with Gasteiger partial charge in [-0.15, -0.1) is 0 Å². The highest BCUT2D eigenvalue weighted by Gasteiger charge is 2.24. The van der Waals surface area contributed by atoms with E-state index >= 15 is 0 Å². The molecule has 2 N–H and O–H groups in total. The maximum absolute atomic E-state index is 5.95. The standard InChI is InChI=1S/C11H19N3O/c1-7(2)9(12)11-13-10(14-15-11)8-5-3-4-6-8/h7-9H,3-6,12H2,1-2H3. The van der Waals surface area contributed by atoms with E-state index in [0.717, 1.165) is 5.82 Å². The SMILES string of the molecule is CC(C)C(N)c1nc(C2CCCC2)no1. The van der Waals surface area contributed by atoms with Crippen LogP contribution in [0.4, 0.5) is 0 Å². The molecule has 1 aromatic rings. The van der Waals surface area contributed by atoms with Crippen LogP contribution in [0, 0.1) is 5.92 Å². The van der Waals surface area contributed by atoms with Gasteiger partial charge >= 0.3 is 0 Å². The fourth-order valence-electron chi connectivity index (χ4n) is 2.02. The van der Waals surface area contributed by atoms with Crippen molar-refractivity contribution in [1.82, 2.24) is 10.1 Å². The molecule has 1 unspecified atom stereocenters. The summed E-state index contributed by atoms with van der Waals surface area (Å²) in [6.45, 7) is 4.12. The highest BCUT2D eigenvalue weighted by molar-refractivity contribution is 5.00. The lowest BCUT2D eigenvalue weighted by Crippen LogP contribution is -2.17. The Morgan fingerprint density at radius 1 is 1.33 bits per heavy atom. The zero-order chi connectivity index (χ0) is 10.8. The Morgan fingerprint density at radius 3 is 2.60 bits per heavy atom. The van der Waals surface area contributed by atoms with Crippen molar-refractivity contribution in [2.45, 2.75) is 51.5 Å². The molecule has 0 amide bonds. The number of aromatic nitrogens is 2. The Kier molecular flexibility index (Phi) is 3.05. The predicted molar refractivity (Wildman–Crippen MR) is 57.3 cm³/mol. The Morgan fingerprint density at radius 2 is 2.00 bits per heavy atom. The molecule has 84 valence electrons. The van der Waals surface area contributed by atoms with Crippen LogP contribution in [0.3, 0.4) is 0 Å². The molecule has 2 rings (SSSR count). The number of nitrogens with two attached hydrogens (primary N) is 1. The van der Waals surface area contributed by atoms with Crippen molar-refractivity contribution in [2.75, 3.05) is 0 Å². The van der Waals surface area contributed by atoms with Crippen molar-refractivity contribution in [3.63, 3.8) is 0 Å². The van der Waals surface area contributed by atoms with Gasteiger partial charge in [-0.2, -0.15) is 4.98 Å². The van der Waals surface area contributed by atoms with Gasteiger partial charge in [-0.25, -0.2) is 0 Å². The summed E-state index contributed by atoms with van der Waals surface area (Å²) in [5.41, 5.74) is 5.95. The lowest BCUT2D eigenvalue weighted by Gasteiger charge is -2.09. The second-order valence-corrected chi connectivity index (χ2v) is 4.74. The molecule has 15 heavy (non-hydrogen) atoms. The van der Waals surface area contributed by atoms with Crippen molar-refractivity contribution in [2.24, 2.45) is 11.7 Å². The number of hydrogen-bond acceptors (Lipinski definition) is 4. The average molecular weight is 209 g/mol. The quantitative estimate of drug-likeness (QED) is 0.830. The van der Waals surface area contributed by atoms with Crippen LogP contribution in [0.15, 0.2) is 4.52 Å². The van der Waals surface area contributed by atoms with Crippen LogP contribution in [-0.2, 0) is 0 Å². The second-order valence-electron chi connectivity index (χ2n) is 4.74. The van der Waals surface area contributed by atoms with Crippen LogP contribution in [0.2, 0.25) is 0 Å². The largest absolute Gasteiger partial charge is 0.338 e. The summed E-state index contributed by atoms with van der Waals surface area (Å²) in [7, 11) is 0. The van der Waals surface area contributed by atoms with Gasteiger partial charge < -0.3 is 10.3 Å². The number of hydrogen-bond donors (Lipinski definition) is 1. The van der Waals surface area contributed by atoms with Crippen LogP contribution in [-0.4, -0.2) is 10.1 Å². The molecule has 1 heterocycles. The van der Waals surface area contributed by atoms with Crippen LogP contribution in [0.25, 0.3) is 0 Å². The van der Waals surface area contributed by atoms with Gasteiger partial charge in [0.25, 0.3) is 0 Å². The lowest BCUT2D eigenvalue weighted by molar-refractivity contribution is 0.321. The Hall–Kier alpha value is -0.900. The number of nitrogens with zero attached hydrogens (tertiary/aromatic N) is 2. The third-order valence-corrected chi connectivity index (χ3v) is 3.18. The fraction of sp³-hybridized carbons (Fsp3) is 0.818. The maximum Gasteiger partial charge on any atom is 0.243 e. The topological polar surface area (TPSA) is 64.9 Å². The van der Waals surface area contributed by atoms with Crippen LogP contribution >= 0.6 is 0 Å². The van der Waals surface area contributed by atoms with E-state index in [0.29, 0.717) is 17.7 Å². The fourth-order valence-corrected chi connectivity index (χ4v) is 2.02. The monoisotopic (exact) mass is 209 g/mol. The molecule has 0 spiro atoms. The molecular weight excluding hydrogens is 190 g/mol. The first-order chi connectivity index (χ1) is 7.18. The first-order valence-electron chi connectivity index (χ1n) is 5.77. The first kappa shape index (κ1) is 10.6. The molecule has 1 saturated carbocycles. The van der Waals surface area contributed by atoms with E-state index in [9.17, 15) is 0 Å². The van der Waals surface area contributed by atoms with Gasteiger partial charge in [-0.1, -0.05) is 31.8 Å². The molecule has 4 nitrogen and oxygen atoms in total. The molecule has 0 bridgehead atoms. The lowest BCUT2D eigenvalue weighted by atomic mass is 10.1. The van der Waals surface area contributed by atoms with Gasteiger partial charge in [0.05, 0.1) is 6.04 Å². The predicted octanol–water partition coefficient (Wildman–Crippen LogP) is 2.38. The van der Waals surface area contributed by atoms with Crippen molar-refractivity contribution in [3.05, 3.63) is 11.7 Å². The third-order valence-electron chi connectivity index (χ3n) is 3.18. The van der Waals surface area contributed by atoms with E-state index in [1.807, 2.05) is 0 Å². The molecular formula is C11H19N3O. The summed E-state index contributed by atoms with van der Waals surface area (Å²) in [6.07, 6.45) is 4.95. The summed E-state index contributed by atoms with van der Waals surface area (Å²) in [5, 5.41) is 4.04. The van der Waals surface area contributed by atoms with Gasteiger partial charge in [-0.05, 0) is 18.8 Å². The van der Waals surface area contributed by atoms with Gasteiger partial charge in [0.2, 0.25) is 5.89 Å². The Labute approximate surface area is 90.2 Å². The summed E-state index contributed by atoms with van der Waals surface area (Å²) < 4.78 is 5.21. The van der Waals surface area contributed by atoms with Crippen molar-refractivity contribution < 1.29 is 4.52 Å². The molecule has 0 aliphatic heterocycles. The van der Waals surface area contributed by atoms with Crippen LogP contribution in [0.5, 0.6) is 0 Å². The molecule has 1 aliphatic carbocycles. The highest BCUT2D eigenvalue weighted by atomic mass is 16.5. The maximum atomic E-state index is 5.95. The minimum absolute atomic E-state index is 0.132. The Balaban J connectivity index is 2.09. The van der Waals surface area contributed by atoms with Crippen molar-refractivity contribution >= 4 is 0 Å². The highest BCUT2D eigenvalue weighted by Crippen LogP contribution is 2.32. The summed E-state index contributed by atoms with van der Waals surface area (Å²) in [6, 6.07) is -0.132. The minimum atomic E-state index is -0.132. The summed E-state index contributed by atoms with van der Waals surface area (Å²) in [4.78, 5) is 4.41. The van der Waals surface area contributed by atoms with Crippen LogP contribution in [0.1, 0.15) is 63.2 Å². The minimum Gasteiger partial charge on any atom is -0.338 e. The normalized spacial score (nSPS) is 20.0. The molecule has 0 aromatic carbocycles. The molecule has 1 fully saturated rings. The van der Waals surface area contributed by atoms with Crippen molar-refractivity contribution in [1.29, 1.82) is 0 Å². The smallest absolute Gasteiger partial charge is 0.243 e. The van der Waals surface area contributed by atoms with Gasteiger partial charge in [-0.3, -0.25) is 0 Å². The van der Waals surface area contributed by atoms with Gasteiger partial charge in [0.15, 0.2) is 5.82 Å². The van der Waals surface area contributed by atoms with E-state index in [1.54, 1.807) is 0 Å². The summed E-state index contributed by atoms with van der Waals surface area (Å²) >= 11 is 0. The van der Waals surface area contributed by atoms with Gasteiger partial charge in [0.1, 0.15) is 0 Å². The molecule has 4 heteroatoms. The molecule has 0 saturated heterocycles. The molecule has 1 atom stereocenters. The molecule has 1 aromatic heterocycles. The zero-order valence-corrected chi connectivity index (χ0v) is 9.44. The average Bonchev–Trinajstić information content (AvgIpc) is 2.86. The molecule has 1 aliphatic rings. The number of rotatable bonds is 3. The van der Waals surface area contributed by atoms with E-state index < -0.39 is 0 Å². The van der Waals surface area contributed by atoms with Crippen molar-refractivity contribution in [3.8, 4) is 0 Å². The van der Waals surface area contributed by atoms with E-state index in [-0.39, 0.29) is 6.04 Å². The van der Waals surface area contributed by atoms with E-state index in [4.69, 9.17) is 10.3 Å². The van der Waals surface area contributed by atoms with E-state index in [1.165, 1.54) is 25.7 Å². The Bertz CT molecular complexity index is 299. The van der Waals surface area contributed by atoms with E-state index in [2.05, 4.69) is 24.0 Å².